The molecule has 37 heavy (non-hydrogen) atoms. The van der Waals surface area contributed by atoms with E-state index < -0.39 is 0 Å². The summed E-state index contributed by atoms with van der Waals surface area (Å²) in [7, 11) is 1.61. The van der Waals surface area contributed by atoms with Gasteiger partial charge in [0, 0.05) is 16.8 Å². The lowest BCUT2D eigenvalue weighted by atomic mass is 10.1. The number of hydrogen-bond donors (Lipinski definition) is 1. The molecule has 1 amide bonds. The molecule has 1 heterocycles. The largest absolute Gasteiger partial charge is 0.497 e. The summed E-state index contributed by atoms with van der Waals surface area (Å²) in [6.07, 6.45) is 0. The van der Waals surface area contributed by atoms with E-state index in [9.17, 15) is 4.79 Å². The van der Waals surface area contributed by atoms with Crippen molar-refractivity contribution in [3.05, 3.63) is 125 Å². The number of benzene rings is 4. The van der Waals surface area contributed by atoms with E-state index >= 15 is 0 Å². The van der Waals surface area contributed by atoms with Crippen molar-refractivity contribution in [1.82, 2.24) is 4.57 Å². The predicted octanol–water partition coefficient (Wildman–Crippen LogP) is 7.32. The number of amides is 1. The summed E-state index contributed by atoms with van der Waals surface area (Å²) >= 11 is 1.45. The molecule has 0 unspecified atom stereocenters. The van der Waals surface area contributed by atoms with Gasteiger partial charge in [-0.3, -0.25) is 9.36 Å². The molecule has 5 aromatic rings. The van der Waals surface area contributed by atoms with Crippen LogP contribution in [0.1, 0.15) is 21.5 Å². The molecule has 0 atom stereocenters. The number of nitrogens with one attached hydrogen (secondary N) is 1. The van der Waals surface area contributed by atoms with Gasteiger partial charge in [-0.25, -0.2) is 4.99 Å². The van der Waals surface area contributed by atoms with E-state index in [0.29, 0.717) is 11.3 Å². The Hall–Kier alpha value is -4.42. The Morgan fingerprint density at radius 3 is 2.05 bits per heavy atom. The third-order valence-electron chi connectivity index (χ3n) is 6.00. The second-order valence-electron chi connectivity index (χ2n) is 8.73. The highest BCUT2D eigenvalue weighted by Crippen LogP contribution is 2.34. The number of aryl methyl sites for hydroxylation is 2. The Kier molecular flexibility index (Phi) is 7.01. The Bertz CT molecular complexity index is 1580. The van der Waals surface area contributed by atoms with Crippen LogP contribution in [-0.2, 0) is 0 Å². The number of thiazole rings is 1. The number of ether oxygens (including phenoxy) is 1. The molecule has 0 radical (unpaired) electrons. The van der Waals surface area contributed by atoms with Crippen LogP contribution in [0.15, 0.2) is 108 Å². The molecule has 0 aliphatic carbocycles. The van der Waals surface area contributed by atoms with Crippen molar-refractivity contribution < 1.29 is 9.53 Å². The van der Waals surface area contributed by atoms with Gasteiger partial charge in [-0.2, -0.15) is 0 Å². The van der Waals surface area contributed by atoms with Gasteiger partial charge in [0.2, 0.25) is 0 Å². The van der Waals surface area contributed by atoms with Crippen LogP contribution < -0.4 is 14.9 Å². The summed E-state index contributed by atoms with van der Waals surface area (Å²) in [4.78, 5) is 19.1. The molecular formula is C31H27N3O2S. The zero-order valence-corrected chi connectivity index (χ0v) is 21.8. The van der Waals surface area contributed by atoms with Gasteiger partial charge in [0.15, 0.2) is 4.80 Å². The highest BCUT2D eigenvalue weighted by atomic mass is 32.1. The van der Waals surface area contributed by atoms with Gasteiger partial charge in [0.05, 0.1) is 18.5 Å². The smallest absolute Gasteiger partial charge is 0.256 e. The molecule has 0 spiro atoms. The topological polar surface area (TPSA) is 55.6 Å². The van der Waals surface area contributed by atoms with Crippen molar-refractivity contribution in [3.63, 3.8) is 0 Å². The van der Waals surface area contributed by atoms with E-state index in [4.69, 9.17) is 9.73 Å². The van der Waals surface area contributed by atoms with Crippen molar-refractivity contribution in [2.75, 3.05) is 12.4 Å². The summed E-state index contributed by atoms with van der Waals surface area (Å²) in [5, 5.41) is 3.88. The number of rotatable bonds is 6. The lowest BCUT2D eigenvalue weighted by molar-refractivity contribution is 0.102. The lowest BCUT2D eigenvalue weighted by Gasteiger charge is -2.12. The number of anilines is 1. The molecule has 5 nitrogen and oxygen atoms in total. The van der Waals surface area contributed by atoms with E-state index in [1.807, 2.05) is 54.6 Å². The Morgan fingerprint density at radius 1 is 0.811 bits per heavy atom. The minimum atomic E-state index is -0.195. The van der Waals surface area contributed by atoms with Crippen LogP contribution in [-0.4, -0.2) is 17.6 Å². The third-order valence-corrected chi connectivity index (χ3v) is 6.96. The van der Waals surface area contributed by atoms with E-state index in [2.05, 4.69) is 48.0 Å². The number of nitrogens with zero attached hydrogens (tertiary/aromatic N) is 2. The Balaban J connectivity index is 1.71. The zero-order valence-electron chi connectivity index (χ0n) is 20.9. The molecule has 0 aliphatic heterocycles. The molecule has 4 aromatic carbocycles. The average molecular weight is 506 g/mol. The Morgan fingerprint density at radius 2 is 1.43 bits per heavy atom. The first-order valence-electron chi connectivity index (χ1n) is 12.0. The van der Waals surface area contributed by atoms with Crippen molar-refractivity contribution in [1.29, 1.82) is 0 Å². The molecule has 6 heteroatoms. The molecule has 1 N–H and O–H groups in total. The summed E-state index contributed by atoms with van der Waals surface area (Å²) in [6.45, 7) is 4.12. The van der Waals surface area contributed by atoms with Gasteiger partial charge in [-0.15, -0.1) is 0 Å². The second kappa shape index (κ2) is 10.7. The number of methoxy groups -OCH3 is 1. The van der Waals surface area contributed by atoms with Crippen molar-refractivity contribution in [2.45, 2.75) is 13.8 Å². The first kappa shape index (κ1) is 24.3. The van der Waals surface area contributed by atoms with Gasteiger partial charge < -0.3 is 10.1 Å². The van der Waals surface area contributed by atoms with Crippen LogP contribution in [0, 0.1) is 13.8 Å². The molecule has 0 fully saturated rings. The summed E-state index contributed by atoms with van der Waals surface area (Å²) in [5.74, 6) is 0.507. The molecule has 5 rings (SSSR count). The van der Waals surface area contributed by atoms with Gasteiger partial charge in [-0.1, -0.05) is 77.1 Å². The second-order valence-corrected chi connectivity index (χ2v) is 9.71. The fraction of sp³-hybridized carbons (Fsp3) is 0.0968. The first-order chi connectivity index (χ1) is 18.0. The van der Waals surface area contributed by atoms with E-state index in [1.165, 1.54) is 22.5 Å². The van der Waals surface area contributed by atoms with E-state index in [1.54, 1.807) is 31.4 Å². The number of aromatic nitrogens is 1. The summed E-state index contributed by atoms with van der Waals surface area (Å²) in [6, 6.07) is 33.6. The summed E-state index contributed by atoms with van der Waals surface area (Å²) < 4.78 is 7.35. The highest BCUT2D eigenvalue weighted by molar-refractivity contribution is 7.14. The summed E-state index contributed by atoms with van der Waals surface area (Å²) in [5.41, 5.74) is 6.57. The molecule has 184 valence electrons. The van der Waals surface area contributed by atoms with E-state index in [-0.39, 0.29) is 5.91 Å². The van der Waals surface area contributed by atoms with Crippen LogP contribution >= 0.6 is 11.3 Å². The lowest BCUT2D eigenvalue weighted by Crippen LogP contribution is -2.14. The predicted molar refractivity (Wildman–Crippen MR) is 151 cm³/mol. The Labute approximate surface area is 220 Å². The average Bonchev–Trinajstić information content (AvgIpc) is 3.28. The van der Waals surface area contributed by atoms with Crippen LogP contribution in [0.2, 0.25) is 0 Å². The van der Waals surface area contributed by atoms with Crippen LogP contribution in [0.3, 0.4) is 0 Å². The fourth-order valence-electron chi connectivity index (χ4n) is 3.98. The van der Waals surface area contributed by atoms with Crippen LogP contribution in [0.25, 0.3) is 16.9 Å². The SMILES string of the molecule is COc1ccc(C(=O)Nc2sc(=Nc3ccc(C)cc3)n(-c3ccc(C)cc3)c2-c2ccccc2)cc1. The van der Waals surface area contributed by atoms with Crippen molar-refractivity contribution in [3.8, 4) is 22.7 Å². The standard InChI is InChI=1S/C31H27N3O2S/c1-21-9-15-25(16-10-21)32-31-34(26-17-11-22(2)12-18-26)28(23-7-5-4-6-8-23)30(37-31)33-29(35)24-13-19-27(36-3)20-14-24/h4-20H,1-3H3,(H,33,35). The quantitative estimate of drug-likeness (QED) is 0.263. The normalized spacial score (nSPS) is 11.4. The van der Waals surface area contributed by atoms with Gasteiger partial charge in [-0.05, 0) is 62.4 Å². The van der Waals surface area contributed by atoms with Crippen molar-refractivity contribution in [2.24, 2.45) is 4.99 Å². The number of carbonyl (C=O) groups excluding carboxylic acids is 1. The highest BCUT2D eigenvalue weighted by Gasteiger charge is 2.20. The maximum Gasteiger partial charge on any atom is 0.256 e. The maximum atomic E-state index is 13.3. The fourth-order valence-corrected chi connectivity index (χ4v) is 5.05. The number of carbonyl (C=O) groups is 1. The van der Waals surface area contributed by atoms with Gasteiger partial charge in [0.25, 0.3) is 5.91 Å². The van der Waals surface area contributed by atoms with Crippen molar-refractivity contribution >= 4 is 27.9 Å². The molecule has 0 bridgehead atoms. The van der Waals surface area contributed by atoms with Crippen LogP contribution in [0.5, 0.6) is 5.75 Å². The monoisotopic (exact) mass is 505 g/mol. The first-order valence-corrected chi connectivity index (χ1v) is 12.8. The van der Waals surface area contributed by atoms with Crippen LogP contribution in [0.4, 0.5) is 10.7 Å². The minimum absolute atomic E-state index is 0.195. The van der Waals surface area contributed by atoms with E-state index in [0.717, 1.165) is 32.4 Å². The van der Waals surface area contributed by atoms with Gasteiger partial charge in [0.1, 0.15) is 10.8 Å². The molecule has 1 aromatic heterocycles. The minimum Gasteiger partial charge on any atom is -0.497 e. The third kappa shape index (κ3) is 5.39. The molecule has 0 saturated carbocycles. The molecule has 0 aliphatic rings. The molecule has 0 saturated heterocycles. The molecular weight excluding hydrogens is 478 g/mol. The maximum absolute atomic E-state index is 13.3. The number of hydrogen-bond acceptors (Lipinski definition) is 4. The zero-order chi connectivity index (χ0) is 25.8. The van der Waals surface area contributed by atoms with Gasteiger partial charge >= 0.3 is 0 Å².